The first kappa shape index (κ1) is 13.7. The number of nitrogens with one attached hydrogen (secondary N) is 1. The molecule has 0 saturated carbocycles. The summed E-state index contributed by atoms with van der Waals surface area (Å²) in [5.41, 5.74) is 6.23. The van der Waals surface area contributed by atoms with Gasteiger partial charge in [-0.3, -0.25) is 10.1 Å². The molecule has 1 aromatic heterocycles. The molecule has 104 valence electrons. The highest BCUT2D eigenvalue weighted by Crippen LogP contribution is 2.20. The number of anilines is 1. The van der Waals surface area contributed by atoms with Crippen molar-refractivity contribution in [3.8, 4) is 5.88 Å². The first-order valence-corrected chi connectivity index (χ1v) is 6.18. The lowest BCUT2D eigenvalue weighted by molar-refractivity contribution is -0.126. The van der Waals surface area contributed by atoms with Gasteiger partial charge in [0.1, 0.15) is 6.10 Å². The average Bonchev–Trinajstić information content (AvgIpc) is 2.86. The van der Waals surface area contributed by atoms with Gasteiger partial charge >= 0.3 is 0 Å². The molecule has 7 heteroatoms. The summed E-state index contributed by atoms with van der Waals surface area (Å²) in [4.78, 5) is 20.2. The number of nitrogens with two attached hydrogens (primary N) is 1. The molecule has 1 fully saturated rings. The molecule has 0 radical (unpaired) electrons. The molecule has 0 aromatic carbocycles. The van der Waals surface area contributed by atoms with Gasteiger partial charge in [0.15, 0.2) is 0 Å². The summed E-state index contributed by atoms with van der Waals surface area (Å²) in [6.07, 6.45) is 0.941. The number of ether oxygens (including phenoxy) is 2. The van der Waals surface area contributed by atoms with E-state index in [2.05, 4.69) is 15.3 Å². The summed E-state index contributed by atoms with van der Waals surface area (Å²) in [6, 6.07) is 1.69. The van der Waals surface area contributed by atoms with Crippen molar-refractivity contribution in [2.45, 2.75) is 32.0 Å². The standard InChI is InChI=1S/C12H18N4O3/c1-7-5-10(18-2)15-12(14-7)16-11(17)9-4-3-8(6-13)19-9/h5,8-9H,3-4,6,13H2,1-2H3,(H,14,15,16,17). The summed E-state index contributed by atoms with van der Waals surface area (Å²) in [6.45, 7) is 2.23. The number of nitrogens with zero attached hydrogens (tertiary/aromatic N) is 2. The van der Waals surface area contributed by atoms with Gasteiger partial charge < -0.3 is 15.2 Å². The van der Waals surface area contributed by atoms with Crippen LogP contribution in [0.4, 0.5) is 5.95 Å². The zero-order valence-corrected chi connectivity index (χ0v) is 11.0. The van der Waals surface area contributed by atoms with Crippen LogP contribution in [0.15, 0.2) is 6.07 Å². The van der Waals surface area contributed by atoms with Crippen molar-refractivity contribution in [1.82, 2.24) is 9.97 Å². The van der Waals surface area contributed by atoms with E-state index in [0.717, 1.165) is 6.42 Å². The number of hydrogen-bond acceptors (Lipinski definition) is 6. The topological polar surface area (TPSA) is 99.4 Å². The van der Waals surface area contributed by atoms with Crippen LogP contribution in [0.3, 0.4) is 0 Å². The minimum absolute atomic E-state index is 0.0382. The van der Waals surface area contributed by atoms with E-state index >= 15 is 0 Å². The Kier molecular flexibility index (Phi) is 4.28. The largest absolute Gasteiger partial charge is 0.481 e. The van der Waals surface area contributed by atoms with Crippen LogP contribution in [-0.4, -0.2) is 41.7 Å². The van der Waals surface area contributed by atoms with Gasteiger partial charge in [0.05, 0.1) is 13.2 Å². The molecule has 19 heavy (non-hydrogen) atoms. The van der Waals surface area contributed by atoms with E-state index < -0.39 is 6.10 Å². The Balaban J connectivity index is 2.01. The zero-order valence-electron chi connectivity index (χ0n) is 11.0. The van der Waals surface area contributed by atoms with Gasteiger partial charge in [-0.1, -0.05) is 0 Å². The second-order valence-electron chi connectivity index (χ2n) is 4.42. The lowest BCUT2D eigenvalue weighted by atomic mass is 10.2. The highest BCUT2D eigenvalue weighted by molar-refractivity contribution is 5.92. The molecule has 2 atom stereocenters. The SMILES string of the molecule is COc1cc(C)nc(NC(=O)C2CCC(CN)O2)n1. The Morgan fingerprint density at radius 3 is 3.00 bits per heavy atom. The van der Waals surface area contributed by atoms with Gasteiger partial charge in [0.2, 0.25) is 11.8 Å². The van der Waals surface area contributed by atoms with Crippen molar-refractivity contribution in [3.63, 3.8) is 0 Å². The second-order valence-corrected chi connectivity index (χ2v) is 4.42. The molecule has 7 nitrogen and oxygen atoms in total. The van der Waals surface area contributed by atoms with E-state index in [1.165, 1.54) is 7.11 Å². The third-order valence-corrected chi connectivity index (χ3v) is 2.94. The minimum Gasteiger partial charge on any atom is -0.481 e. The van der Waals surface area contributed by atoms with Crippen molar-refractivity contribution < 1.29 is 14.3 Å². The van der Waals surface area contributed by atoms with E-state index in [1.54, 1.807) is 13.0 Å². The van der Waals surface area contributed by atoms with E-state index in [1.807, 2.05) is 0 Å². The van der Waals surface area contributed by atoms with Crippen molar-refractivity contribution in [2.24, 2.45) is 5.73 Å². The number of aryl methyl sites for hydroxylation is 1. The number of rotatable bonds is 4. The molecule has 3 N–H and O–H groups in total. The highest BCUT2D eigenvalue weighted by Gasteiger charge is 2.30. The summed E-state index contributed by atoms with van der Waals surface area (Å²) in [5, 5.41) is 2.64. The number of amides is 1. The molecule has 1 aliphatic rings. The molecular weight excluding hydrogens is 248 g/mol. The van der Waals surface area contributed by atoms with Crippen LogP contribution in [0, 0.1) is 6.92 Å². The third kappa shape index (κ3) is 3.39. The maximum atomic E-state index is 12.0. The van der Waals surface area contributed by atoms with Crippen LogP contribution in [0.25, 0.3) is 0 Å². The van der Waals surface area contributed by atoms with E-state index in [9.17, 15) is 4.79 Å². The summed E-state index contributed by atoms with van der Waals surface area (Å²) >= 11 is 0. The average molecular weight is 266 g/mol. The molecule has 1 saturated heterocycles. The number of aromatic nitrogens is 2. The zero-order chi connectivity index (χ0) is 13.8. The number of carbonyl (C=O) groups is 1. The third-order valence-electron chi connectivity index (χ3n) is 2.94. The van der Waals surface area contributed by atoms with Gasteiger partial charge in [0.25, 0.3) is 5.91 Å². The van der Waals surface area contributed by atoms with Gasteiger partial charge in [-0.2, -0.15) is 4.98 Å². The minimum atomic E-state index is -0.483. The molecule has 2 rings (SSSR count). The van der Waals surface area contributed by atoms with Crippen LogP contribution in [0.2, 0.25) is 0 Å². The maximum absolute atomic E-state index is 12.0. The Morgan fingerprint density at radius 2 is 2.37 bits per heavy atom. The number of carbonyl (C=O) groups excluding carboxylic acids is 1. The Bertz CT molecular complexity index is 466. The Hall–Kier alpha value is -1.73. The lowest BCUT2D eigenvalue weighted by Crippen LogP contribution is -2.30. The van der Waals surface area contributed by atoms with Crippen LogP contribution in [0.5, 0.6) is 5.88 Å². The van der Waals surface area contributed by atoms with Crippen molar-refractivity contribution in [2.75, 3.05) is 19.0 Å². The fourth-order valence-electron chi connectivity index (χ4n) is 1.96. The summed E-state index contributed by atoms with van der Waals surface area (Å²) in [7, 11) is 1.51. The highest BCUT2D eigenvalue weighted by atomic mass is 16.5. The van der Waals surface area contributed by atoms with Crippen LogP contribution in [0.1, 0.15) is 18.5 Å². The molecule has 2 unspecified atom stereocenters. The van der Waals surface area contributed by atoms with E-state index in [-0.39, 0.29) is 18.0 Å². The molecule has 0 aliphatic carbocycles. The summed E-state index contributed by atoms with van der Waals surface area (Å²) < 4.78 is 10.5. The van der Waals surface area contributed by atoms with E-state index in [4.69, 9.17) is 15.2 Å². The van der Waals surface area contributed by atoms with Crippen molar-refractivity contribution >= 4 is 11.9 Å². The van der Waals surface area contributed by atoms with Gasteiger partial charge in [-0.05, 0) is 19.8 Å². The number of hydrogen-bond donors (Lipinski definition) is 2. The molecular formula is C12H18N4O3. The molecule has 0 spiro atoms. The first-order valence-electron chi connectivity index (χ1n) is 6.18. The number of methoxy groups -OCH3 is 1. The smallest absolute Gasteiger partial charge is 0.255 e. The fourth-order valence-corrected chi connectivity index (χ4v) is 1.96. The van der Waals surface area contributed by atoms with Gasteiger partial charge in [0, 0.05) is 18.3 Å². The molecule has 1 aliphatic heterocycles. The van der Waals surface area contributed by atoms with E-state index in [0.29, 0.717) is 24.5 Å². The van der Waals surface area contributed by atoms with Crippen LogP contribution < -0.4 is 15.8 Å². The fraction of sp³-hybridized carbons (Fsp3) is 0.583. The molecule has 0 bridgehead atoms. The van der Waals surface area contributed by atoms with Crippen molar-refractivity contribution in [3.05, 3.63) is 11.8 Å². The molecule has 1 amide bonds. The van der Waals surface area contributed by atoms with Crippen molar-refractivity contribution in [1.29, 1.82) is 0 Å². The lowest BCUT2D eigenvalue weighted by Gasteiger charge is -2.12. The van der Waals surface area contributed by atoms with Gasteiger partial charge in [-0.25, -0.2) is 4.98 Å². The monoisotopic (exact) mass is 266 g/mol. The predicted molar refractivity (Wildman–Crippen MR) is 68.9 cm³/mol. The second kappa shape index (κ2) is 5.94. The normalized spacial score (nSPS) is 22.3. The van der Waals surface area contributed by atoms with Crippen LogP contribution in [-0.2, 0) is 9.53 Å². The molecule has 2 heterocycles. The molecule has 1 aromatic rings. The summed E-state index contributed by atoms with van der Waals surface area (Å²) in [5.74, 6) is 0.389. The predicted octanol–water partition coefficient (Wildman–Crippen LogP) is 0.238. The quantitative estimate of drug-likeness (QED) is 0.809. The Morgan fingerprint density at radius 1 is 1.58 bits per heavy atom. The first-order chi connectivity index (χ1) is 9.12. The van der Waals surface area contributed by atoms with Gasteiger partial charge in [-0.15, -0.1) is 0 Å². The maximum Gasteiger partial charge on any atom is 0.255 e. The van der Waals surface area contributed by atoms with Crippen LogP contribution >= 0.6 is 0 Å². The Labute approximate surface area is 111 Å².